The van der Waals surface area contributed by atoms with Gasteiger partial charge in [0, 0.05) is 31.9 Å². The van der Waals surface area contributed by atoms with Gasteiger partial charge in [-0.2, -0.15) is 5.10 Å². The second kappa shape index (κ2) is 6.19. The van der Waals surface area contributed by atoms with Crippen LogP contribution in [-0.4, -0.2) is 22.9 Å². The average Bonchev–Trinajstić information content (AvgIpc) is 2.69. The van der Waals surface area contributed by atoms with Gasteiger partial charge in [0.2, 0.25) is 0 Å². The molecule has 0 saturated heterocycles. The SMILES string of the molecule is CC1=CC(C)CC(CNCCc2ccnn2C)C1. The Kier molecular flexibility index (Phi) is 4.59. The van der Waals surface area contributed by atoms with E-state index in [-0.39, 0.29) is 0 Å². The molecule has 1 aliphatic carbocycles. The Morgan fingerprint density at radius 1 is 1.50 bits per heavy atom. The third-order valence-electron chi connectivity index (χ3n) is 3.80. The van der Waals surface area contributed by atoms with Crippen LogP contribution in [0.3, 0.4) is 0 Å². The van der Waals surface area contributed by atoms with Gasteiger partial charge in [0.05, 0.1) is 0 Å². The van der Waals surface area contributed by atoms with E-state index in [1.807, 2.05) is 17.9 Å². The van der Waals surface area contributed by atoms with E-state index in [9.17, 15) is 0 Å². The summed E-state index contributed by atoms with van der Waals surface area (Å²) in [6.07, 6.45) is 7.95. The second-order valence-electron chi connectivity index (χ2n) is 5.70. The lowest BCUT2D eigenvalue weighted by Crippen LogP contribution is -2.28. The Balaban J connectivity index is 1.67. The fourth-order valence-corrected chi connectivity index (χ4v) is 3.01. The first-order valence-corrected chi connectivity index (χ1v) is 7.00. The summed E-state index contributed by atoms with van der Waals surface area (Å²) in [5.41, 5.74) is 2.86. The molecule has 1 heterocycles. The number of nitrogens with one attached hydrogen (secondary N) is 1. The zero-order valence-electron chi connectivity index (χ0n) is 11.8. The summed E-state index contributed by atoms with van der Waals surface area (Å²) >= 11 is 0. The zero-order valence-corrected chi connectivity index (χ0v) is 11.8. The average molecular weight is 247 g/mol. The zero-order chi connectivity index (χ0) is 13.0. The predicted octanol–water partition coefficient (Wildman–Crippen LogP) is 2.54. The van der Waals surface area contributed by atoms with Gasteiger partial charge in [0.25, 0.3) is 0 Å². The topological polar surface area (TPSA) is 29.9 Å². The Bertz CT molecular complexity index is 406. The van der Waals surface area contributed by atoms with E-state index >= 15 is 0 Å². The molecule has 0 saturated carbocycles. The van der Waals surface area contributed by atoms with Gasteiger partial charge >= 0.3 is 0 Å². The van der Waals surface area contributed by atoms with E-state index in [0.717, 1.165) is 31.3 Å². The van der Waals surface area contributed by atoms with Gasteiger partial charge in [0.15, 0.2) is 0 Å². The quantitative estimate of drug-likeness (QED) is 0.640. The fraction of sp³-hybridized carbons (Fsp3) is 0.667. The van der Waals surface area contributed by atoms with Gasteiger partial charge in [-0.15, -0.1) is 0 Å². The van der Waals surface area contributed by atoms with E-state index in [1.165, 1.54) is 18.5 Å². The number of nitrogens with zero attached hydrogens (tertiary/aromatic N) is 2. The van der Waals surface area contributed by atoms with Crippen molar-refractivity contribution in [3.05, 3.63) is 29.6 Å². The molecule has 0 aromatic carbocycles. The molecule has 0 amide bonds. The number of aryl methyl sites for hydroxylation is 1. The van der Waals surface area contributed by atoms with Crippen LogP contribution in [0.1, 0.15) is 32.4 Å². The van der Waals surface area contributed by atoms with Crippen molar-refractivity contribution < 1.29 is 0 Å². The van der Waals surface area contributed by atoms with Gasteiger partial charge in [0.1, 0.15) is 0 Å². The number of allylic oxidation sites excluding steroid dienone is 2. The van der Waals surface area contributed by atoms with Crippen LogP contribution in [0.2, 0.25) is 0 Å². The van der Waals surface area contributed by atoms with E-state index in [1.54, 1.807) is 5.57 Å². The predicted molar refractivity (Wildman–Crippen MR) is 75.4 cm³/mol. The Hall–Kier alpha value is -1.09. The van der Waals surface area contributed by atoms with Crippen LogP contribution in [0.4, 0.5) is 0 Å². The van der Waals surface area contributed by atoms with Crippen molar-refractivity contribution in [2.75, 3.05) is 13.1 Å². The van der Waals surface area contributed by atoms with Crippen molar-refractivity contribution in [2.45, 2.75) is 33.1 Å². The van der Waals surface area contributed by atoms with Crippen LogP contribution >= 0.6 is 0 Å². The molecule has 1 aromatic rings. The molecule has 2 rings (SSSR count). The molecule has 2 atom stereocenters. The molecule has 0 radical (unpaired) electrons. The molecule has 0 spiro atoms. The summed E-state index contributed by atoms with van der Waals surface area (Å²) in [5, 5.41) is 7.78. The van der Waals surface area contributed by atoms with Crippen molar-refractivity contribution in [2.24, 2.45) is 18.9 Å². The van der Waals surface area contributed by atoms with Crippen molar-refractivity contribution in [3.63, 3.8) is 0 Å². The lowest BCUT2D eigenvalue weighted by atomic mass is 9.84. The van der Waals surface area contributed by atoms with Crippen LogP contribution in [0, 0.1) is 11.8 Å². The molecule has 1 aromatic heterocycles. The van der Waals surface area contributed by atoms with E-state index in [2.05, 4.69) is 36.4 Å². The van der Waals surface area contributed by atoms with Gasteiger partial charge < -0.3 is 5.32 Å². The summed E-state index contributed by atoms with van der Waals surface area (Å²) in [6, 6.07) is 2.09. The van der Waals surface area contributed by atoms with Crippen LogP contribution in [0.5, 0.6) is 0 Å². The first-order valence-electron chi connectivity index (χ1n) is 7.00. The molecule has 1 N–H and O–H groups in total. The lowest BCUT2D eigenvalue weighted by Gasteiger charge is -2.25. The molecular formula is C15H25N3. The highest BCUT2D eigenvalue weighted by atomic mass is 15.3. The summed E-state index contributed by atoms with van der Waals surface area (Å²) in [4.78, 5) is 0. The lowest BCUT2D eigenvalue weighted by molar-refractivity contribution is 0.382. The highest BCUT2D eigenvalue weighted by molar-refractivity contribution is 5.06. The molecule has 2 unspecified atom stereocenters. The number of rotatable bonds is 5. The van der Waals surface area contributed by atoms with E-state index in [4.69, 9.17) is 0 Å². The van der Waals surface area contributed by atoms with E-state index in [0.29, 0.717) is 0 Å². The molecule has 3 nitrogen and oxygen atoms in total. The van der Waals surface area contributed by atoms with Crippen molar-refractivity contribution in [1.29, 1.82) is 0 Å². The number of aromatic nitrogens is 2. The molecule has 18 heavy (non-hydrogen) atoms. The van der Waals surface area contributed by atoms with Crippen LogP contribution in [0.15, 0.2) is 23.9 Å². The molecule has 1 aliphatic rings. The molecule has 3 heteroatoms. The van der Waals surface area contributed by atoms with Crippen LogP contribution in [0.25, 0.3) is 0 Å². The Labute approximate surface area is 110 Å². The Morgan fingerprint density at radius 2 is 2.33 bits per heavy atom. The summed E-state index contributed by atoms with van der Waals surface area (Å²) in [7, 11) is 2.01. The van der Waals surface area contributed by atoms with Crippen LogP contribution < -0.4 is 5.32 Å². The fourth-order valence-electron chi connectivity index (χ4n) is 3.01. The first kappa shape index (κ1) is 13.3. The normalized spacial score (nSPS) is 24.1. The summed E-state index contributed by atoms with van der Waals surface area (Å²) in [6.45, 7) is 6.78. The Morgan fingerprint density at radius 3 is 3.00 bits per heavy atom. The highest BCUT2D eigenvalue weighted by Crippen LogP contribution is 2.27. The minimum atomic E-state index is 0.752. The van der Waals surface area contributed by atoms with Crippen molar-refractivity contribution in [1.82, 2.24) is 15.1 Å². The van der Waals surface area contributed by atoms with Gasteiger partial charge in [-0.05, 0) is 44.2 Å². The molecule has 100 valence electrons. The molecule has 0 aliphatic heterocycles. The minimum absolute atomic E-state index is 0.752. The third-order valence-corrected chi connectivity index (χ3v) is 3.80. The van der Waals surface area contributed by atoms with Crippen molar-refractivity contribution in [3.8, 4) is 0 Å². The van der Waals surface area contributed by atoms with E-state index < -0.39 is 0 Å². The molecular weight excluding hydrogens is 222 g/mol. The second-order valence-corrected chi connectivity index (χ2v) is 5.70. The maximum Gasteiger partial charge on any atom is 0.0492 e. The highest BCUT2D eigenvalue weighted by Gasteiger charge is 2.17. The number of hydrogen-bond acceptors (Lipinski definition) is 2. The number of hydrogen-bond donors (Lipinski definition) is 1. The van der Waals surface area contributed by atoms with Crippen LogP contribution in [-0.2, 0) is 13.5 Å². The standard InChI is InChI=1S/C15H25N3/c1-12-8-13(2)10-14(9-12)11-16-6-4-15-5-7-17-18(15)3/h5,7-8,12,14,16H,4,6,9-11H2,1-3H3. The first-order chi connectivity index (χ1) is 8.65. The molecule has 0 fully saturated rings. The largest absolute Gasteiger partial charge is 0.316 e. The maximum absolute atomic E-state index is 4.19. The maximum atomic E-state index is 4.19. The van der Waals surface area contributed by atoms with Gasteiger partial charge in [-0.25, -0.2) is 0 Å². The smallest absolute Gasteiger partial charge is 0.0492 e. The summed E-state index contributed by atoms with van der Waals surface area (Å²) < 4.78 is 1.96. The monoisotopic (exact) mass is 247 g/mol. The van der Waals surface area contributed by atoms with Gasteiger partial charge in [-0.3, -0.25) is 4.68 Å². The minimum Gasteiger partial charge on any atom is -0.316 e. The van der Waals surface area contributed by atoms with Gasteiger partial charge in [-0.1, -0.05) is 18.6 Å². The summed E-state index contributed by atoms with van der Waals surface area (Å²) in [5.74, 6) is 1.57. The third kappa shape index (κ3) is 3.70. The van der Waals surface area contributed by atoms with Crippen molar-refractivity contribution >= 4 is 0 Å². The molecule has 0 bridgehead atoms.